The molecule has 2 N–H and O–H groups in total. The average Bonchev–Trinajstić information content (AvgIpc) is 3.42. The molecule has 1 saturated carbocycles. The van der Waals surface area contributed by atoms with Gasteiger partial charge in [-0.3, -0.25) is 4.79 Å². The first-order chi connectivity index (χ1) is 17.0. The fraction of sp³-hybridized carbons (Fsp3) is 0.414. The molecule has 0 radical (unpaired) electrons. The molecule has 2 aliphatic rings. The third kappa shape index (κ3) is 6.19. The molecule has 0 unspecified atom stereocenters. The van der Waals surface area contributed by atoms with Crippen molar-refractivity contribution in [2.75, 3.05) is 13.2 Å². The van der Waals surface area contributed by atoms with Crippen molar-refractivity contribution >= 4 is 5.97 Å². The molecule has 2 fully saturated rings. The topological polar surface area (TPSA) is 76.0 Å². The molecule has 1 saturated heterocycles. The Morgan fingerprint density at radius 1 is 1.17 bits per heavy atom. The molecule has 1 aliphatic carbocycles. The van der Waals surface area contributed by atoms with Gasteiger partial charge in [0.25, 0.3) is 0 Å². The standard InChI is InChI=1S/C29H33FO5/c30-22-14-12-21(13-15-22)29-18-27(35-20-29)25(26(29)10-6-1-2-7-11-28(32)33)17-16-23(31)19-34-24-8-4-3-5-9-24/h1,3-6,8-9,12-17,23,25-27,31H,2,7,10-11,18-20H2,(H,32,33)/b6-1-,17-16+/t23-,25+,26+,27+,29+/m1/s1. The fourth-order valence-corrected chi connectivity index (χ4v) is 5.45. The van der Waals surface area contributed by atoms with E-state index in [9.17, 15) is 14.3 Å². The Labute approximate surface area is 205 Å². The van der Waals surface area contributed by atoms with Crippen LogP contribution < -0.4 is 4.74 Å². The number of fused-ring (bicyclic) bond motifs is 2. The molecular formula is C29H33FO5. The Hall–Kier alpha value is -2.96. The Morgan fingerprint density at radius 2 is 1.94 bits per heavy atom. The van der Waals surface area contributed by atoms with Crippen molar-refractivity contribution in [1.82, 2.24) is 0 Å². The summed E-state index contributed by atoms with van der Waals surface area (Å²) in [5.41, 5.74) is 0.860. The van der Waals surface area contributed by atoms with E-state index in [4.69, 9.17) is 14.6 Å². The second-order valence-corrected chi connectivity index (χ2v) is 9.47. The van der Waals surface area contributed by atoms with Crippen molar-refractivity contribution in [3.05, 3.63) is 90.3 Å². The van der Waals surface area contributed by atoms with Crippen LogP contribution in [0.4, 0.5) is 4.39 Å². The van der Waals surface area contributed by atoms with Crippen molar-refractivity contribution < 1.29 is 28.9 Å². The van der Waals surface area contributed by atoms with Crippen LogP contribution in [-0.2, 0) is 14.9 Å². The Balaban J connectivity index is 1.46. The van der Waals surface area contributed by atoms with Crippen molar-refractivity contribution in [3.63, 3.8) is 0 Å². The van der Waals surface area contributed by atoms with E-state index in [0.717, 1.165) is 24.8 Å². The van der Waals surface area contributed by atoms with Crippen LogP contribution in [0, 0.1) is 17.7 Å². The quantitative estimate of drug-likeness (QED) is 0.319. The third-order valence-corrected chi connectivity index (χ3v) is 7.18. The predicted octanol–water partition coefficient (Wildman–Crippen LogP) is 5.30. The maximum atomic E-state index is 13.6. The average molecular weight is 481 g/mol. The van der Waals surface area contributed by atoms with E-state index in [1.54, 1.807) is 6.08 Å². The summed E-state index contributed by atoms with van der Waals surface area (Å²) in [5, 5.41) is 19.3. The number of hydrogen-bond donors (Lipinski definition) is 2. The fourth-order valence-electron chi connectivity index (χ4n) is 5.45. The summed E-state index contributed by atoms with van der Waals surface area (Å²) in [4.78, 5) is 10.7. The van der Waals surface area contributed by atoms with E-state index in [1.165, 1.54) is 12.1 Å². The largest absolute Gasteiger partial charge is 0.491 e. The molecule has 0 spiro atoms. The highest BCUT2D eigenvalue weighted by Gasteiger charge is 2.58. The maximum Gasteiger partial charge on any atom is 0.303 e. The van der Waals surface area contributed by atoms with Gasteiger partial charge < -0.3 is 19.7 Å². The lowest BCUT2D eigenvalue weighted by atomic mass is 9.69. The zero-order valence-electron chi connectivity index (χ0n) is 19.8. The lowest BCUT2D eigenvalue weighted by Crippen LogP contribution is -2.39. The van der Waals surface area contributed by atoms with Crippen LogP contribution in [0.3, 0.4) is 0 Å². The first kappa shape index (κ1) is 25.1. The molecule has 1 aliphatic heterocycles. The monoisotopic (exact) mass is 480 g/mol. The van der Waals surface area contributed by atoms with Gasteiger partial charge in [0.2, 0.25) is 0 Å². The molecule has 6 heteroatoms. The van der Waals surface area contributed by atoms with Crippen molar-refractivity contribution in [1.29, 1.82) is 0 Å². The van der Waals surface area contributed by atoms with Gasteiger partial charge in [-0.2, -0.15) is 0 Å². The molecule has 2 bridgehead atoms. The summed E-state index contributed by atoms with van der Waals surface area (Å²) in [5.74, 6) is -0.000421. The second-order valence-electron chi connectivity index (χ2n) is 9.47. The number of carboxylic acid groups (broad SMARTS) is 1. The minimum atomic E-state index is -0.779. The van der Waals surface area contributed by atoms with Crippen LogP contribution in [0.2, 0.25) is 0 Å². The van der Waals surface area contributed by atoms with Crippen LogP contribution in [-0.4, -0.2) is 41.6 Å². The minimum absolute atomic E-state index is 0.0314. The Bertz CT molecular complexity index is 1020. The highest BCUT2D eigenvalue weighted by Crippen LogP contribution is 2.57. The van der Waals surface area contributed by atoms with Crippen molar-refractivity contribution in [3.8, 4) is 5.75 Å². The molecule has 35 heavy (non-hydrogen) atoms. The molecule has 0 aromatic heterocycles. The highest BCUT2D eigenvalue weighted by molar-refractivity contribution is 5.66. The number of benzene rings is 2. The smallest absolute Gasteiger partial charge is 0.303 e. The summed E-state index contributed by atoms with van der Waals surface area (Å²) in [7, 11) is 0. The van der Waals surface area contributed by atoms with Gasteiger partial charge in [-0.15, -0.1) is 0 Å². The third-order valence-electron chi connectivity index (χ3n) is 7.18. The molecule has 2 aromatic rings. The summed E-state index contributed by atoms with van der Waals surface area (Å²) in [6, 6.07) is 16.1. The molecule has 186 valence electrons. The van der Waals surface area contributed by atoms with Crippen molar-refractivity contribution in [2.45, 2.75) is 49.7 Å². The lowest BCUT2D eigenvalue weighted by Gasteiger charge is -2.38. The maximum absolute atomic E-state index is 13.6. The van der Waals surface area contributed by atoms with Crippen LogP contribution in [0.1, 0.15) is 37.7 Å². The molecule has 4 rings (SSSR count). The number of ether oxygens (including phenoxy) is 2. The zero-order chi connectivity index (χ0) is 24.7. The van der Waals surface area contributed by atoms with E-state index in [0.29, 0.717) is 18.8 Å². The van der Waals surface area contributed by atoms with Gasteiger partial charge >= 0.3 is 5.97 Å². The van der Waals surface area contributed by atoms with Gasteiger partial charge in [0.1, 0.15) is 24.3 Å². The number of unbranched alkanes of at least 4 members (excludes halogenated alkanes) is 1. The molecule has 5 atom stereocenters. The number of hydrogen-bond acceptors (Lipinski definition) is 4. The summed E-state index contributed by atoms with van der Waals surface area (Å²) < 4.78 is 25.5. The van der Waals surface area contributed by atoms with Crippen LogP contribution in [0.15, 0.2) is 78.9 Å². The van der Waals surface area contributed by atoms with Crippen LogP contribution in [0.5, 0.6) is 5.75 Å². The van der Waals surface area contributed by atoms with E-state index in [1.807, 2.05) is 42.5 Å². The molecule has 1 heterocycles. The molecular weight excluding hydrogens is 447 g/mol. The summed E-state index contributed by atoms with van der Waals surface area (Å²) in [6.45, 7) is 0.751. The van der Waals surface area contributed by atoms with E-state index < -0.39 is 12.1 Å². The molecule has 2 aromatic carbocycles. The number of aliphatic carboxylic acids is 1. The number of aliphatic hydroxyl groups is 1. The Morgan fingerprint density at radius 3 is 2.69 bits per heavy atom. The lowest BCUT2D eigenvalue weighted by molar-refractivity contribution is -0.137. The molecule has 5 nitrogen and oxygen atoms in total. The van der Waals surface area contributed by atoms with Gasteiger partial charge in [0.05, 0.1) is 12.7 Å². The number of aliphatic hydroxyl groups excluding tert-OH is 1. The van der Waals surface area contributed by atoms with Crippen LogP contribution in [0.25, 0.3) is 0 Å². The summed E-state index contributed by atoms with van der Waals surface area (Å²) >= 11 is 0. The highest BCUT2D eigenvalue weighted by atomic mass is 19.1. The zero-order valence-corrected chi connectivity index (χ0v) is 19.8. The van der Waals surface area contributed by atoms with Gasteiger partial charge in [0, 0.05) is 17.8 Å². The normalized spacial score (nSPS) is 26.5. The van der Waals surface area contributed by atoms with Gasteiger partial charge in [-0.25, -0.2) is 4.39 Å². The number of carboxylic acids is 1. The van der Waals surface area contributed by atoms with E-state index in [2.05, 4.69) is 18.2 Å². The van der Waals surface area contributed by atoms with E-state index in [-0.39, 0.29) is 42.2 Å². The number of halogens is 1. The number of carbonyl (C=O) groups is 1. The van der Waals surface area contributed by atoms with Gasteiger partial charge in [-0.05, 0) is 61.4 Å². The second kappa shape index (κ2) is 11.6. The first-order valence-corrected chi connectivity index (χ1v) is 12.3. The number of para-hydroxylation sites is 1. The van der Waals surface area contributed by atoms with E-state index >= 15 is 0 Å². The van der Waals surface area contributed by atoms with Crippen molar-refractivity contribution in [2.24, 2.45) is 11.8 Å². The Kier molecular flexibility index (Phi) is 8.37. The van der Waals surface area contributed by atoms with Crippen LogP contribution >= 0.6 is 0 Å². The van der Waals surface area contributed by atoms with Gasteiger partial charge in [0.15, 0.2) is 0 Å². The number of rotatable bonds is 12. The predicted molar refractivity (Wildman–Crippen MR) is 132 cm³/mol. The SMILES string of the molecule is O=C(O)CCC/C=C\C[C@H]1[C@H](/C=C/[C@@H](O)COc2ccccc2)[C@@H]2C[C@@]1(c1ccc(F)cc1)CO2. The van der Waals surface area contributed by atoms with Gasteiger partial charge in [-0.1, -0.05) is 54.6 Å². The minimum Gasteiger partial charge on any atom is -0.491 e. The first-order valence-electron chi connectivity index (χ1n) is 12.3. The molecule has 0 amide bonds. The number of allylic oxidation sites excluding steroid dienone is 2. The summed E-state index contributed by atoms with van der Waals surface area (Å²) in [6.07, 6.45) is 10.5.